The topological polar surface area (TPSA) is 62.3 Å². The summed E-state index contributed by atoms with van der Waals surface area (Å²) in [4.78, 5) is 15.5. The summed E-state index contributed by atoms with van der Waals surface area (Å²) in [5, 5.41) is 12.5. The summed E-state index contributed by atoms with van der Waals surface area (Å²) < 4.78 is 4.92. The fraction of sp³-hybridized carbons (Fsp3) is 0.316. The van der Waals surface area contributed by atoms with Crippen molar-refractivity contribution in [3.8, 4) is 5.75 Å². The van der Waals surface area contributed by atoms with Gasteiger partial charge in [0.15, 0.2) is 0 Å². The van der Waals surface area contributed by atoms with Crippen molar-refractivity contribution >= 4 is 27.8 Å². The van der Waals surface area contributed by atoms with Crippen molar-refractivity contribution in [3.63, 3.8) is 0 Å². The van der Waals surface area contributed by atoms with Gasteiger partial charge in [0, 0.05) is 16.3 Å². The average molecular weight is 309 g/mol. The third kappa shape index (κ3) is 1.81. The number of rotatable bonds is 1. The zero-order valence-electron chi connectivity index (χ0n) is 13.5. The zero-order chi connectivity index (χ0) is 16.4. The van der Waals surface area contributed by atoms with Crippen molar-refractivity contribution in [2.24, 2.45) is 0 Å². The predicted octanol–water partition coefficient (Wildman–Crippen LogP) is 4.04. The van der Waals surface area contributed by atoms with Crippen molar-refractivity contribution < 1.29 is 14.6 Å². The molecule has 0 saturated heterocycles. The van der Waals surface area contributed by atoms with Crippen LogP contribution in [0.5, 0.6) is 5.75 Å². The number of methoxy groups -OCH3 is 1. The lowest BCUT2D eigenvalue weighted by atomic mass is 9.80. The Hall–Kier alpha value is -2.49. The second-order valence-electron chi connectivity index (χ2n) is 6.90. The monoisotopic (exact) mass is 309 g/mol. The second kappa shape index (κ2) is 4.51. The van der Waals surface area contributed by atoms with Crippen LogP contribution in [0.1, 0.15) is 41.8 Å². The summed E-state index contributed by atoms with van der Waals surface area (Å²) in [6, 6.07) is 7.72. The molecule has 0 atom stereocenters. The number of ether oxygens (including phenoxy) is 1. The average Bonchev–Trinajstić information content (AvgIpc) is 2.87. The number of carbonyl (C=O) groups excluding carboxylic acids is 1. The Morgan fingerprint density at radius 2 is 2.09 bits per heavy atom. The molecule has 0 amide bonds. The summed E-state index contributed by atoms with van der Waals surface area (Å²) in [6.45, 7) is 4.45. The van der Waals surface area contributed by atoms with Gasteiger partial charge in [-0.2, -0.15) is 0 Å². The molecule has 4 heteroatoms. The molecule has 1 aliphatic carbocycles. The van der Waals surface area contributed by atoms with Crippen LogP contribution in [0.2, 0.25) is 0 Å². The largest absolute Gasteiger partial charge is 0.506 e. The van der Waals surface area contributed by atoms with Crippen LogP contribution in [0, 0.1) is 0 Å². The highest BCUT2D eigenvalue weighted by molar-refractivity contribution is 6.15. The van der Waals surface area contributed by atoms with Crippen LogP contribution in [0.15, 0.2) is 24.3 Å². The molecule has 0 unspecified atom stereocenters. The Balaban J connectivity index is 2.24. The minimum atomic E-state index is -0.399. The summed E-state index contributed by atoms with van der Waals surface area (Å²) in [6.07, 6.45) is 1.71. The van der Waals surface area contributed by atoms with Crippen molar-refractivity contribution in [2.75, 3.05) is 7.11 Å². The molecule has 0 spiro atoms. The van der Waals surface area contributed by atoms with Gasteiger partial charge in [0.1, 0.15) is 5.75 Å². The van der Waals surface area contributed by atoms with Gasteiger partial charge in [-0.15, -0.1) is 0 Å². The molecular formula is C19H19NO3. The molecular weight excluding hydrogens is 290 g/mol. The smallest absolute Gasteiger partial charge is 0.338 e. The minimum Gasteiger partial charge on any atom is -0.506 e. The van der Waals surface area contributed by atoms with E-state index >= 15 is 0 Å². The number of aryl methyl sites for hydroxylation is 1. The maximum Gasteiger partial charge on any atom is 0.338 e. The van der Waals surface area contributed by atoms with Gasteiger partial charge in [0.25, 0.3) is 0 Å². The standard InChI is InChI=1S/C19H19NO3/c1-19(2)8-7-10-11(18(22)23-3)9-14(21)17-15(10)16-12(19)5-4-6-13(16)20-17/h4-6,9,20-21H,7-8H2,1-3H3. The van der Waals surface area contributed by atoms with Gasteiger partial charge < -0.3 is 14.8 Å². The van der Waals surface area contributed by atoms with Gasteiger partial charge in [0.2, 0.25) is 0 Å². The van der Waals surface area contributed by atoms with Crippen LogP contribution in [0.4, 0.5) is 0 Å². The fourth-order valence-corrected chi connectivity index (χ4v) is 3.86. The van der Waals surface area contributed by atoms with Crippen LogP contribution in [-0.2, 0) is 16.6 Å². The molecule has 0 bridgehead atoms. The first-order valence-electron chi connectivity index (χ1n) is 7.82. The molecule has 2 N–H and O–H groups in total. The Labute approximate surface area is 134 Å². The first-order valence-corrected chi connectivity index (χ1v) is 7.82. The van der Waals surface area contributed by atoms with Crippen molar-refractivity contribution in [1.29, 1.82) is 0 Å². The number of hydrogen-bond donors (Lipinski definition) is 2. The molecule has 0 fully saturated rings. The van der Waals surface area contributed by atoms with E-state index in [2.05, 4.69) is 24.9 Å². The molecule has 4 nitrogen and oxygen atoms in total. The third-order valence-electron chi connectivity index (χ3n) is 5.12. The minimum absolute atomic E-state index is 0.00331. The van der Waals surface area contributed by atoms with Gasteiger partial charge in [-0.3, -0.25) is 0 Å². The Morgan fingerprint density at radius 1 is 1.30 bits per heavy atom. The van der Waals surface area contributed by atoms with E-state index in [0.29, 0.717) is 11.1 Å². The number of aromatic nitrogens is 1. The normalized spacial score (nSPS) is 16.0. The summed E-state index contributed by atoms with van der Waals surface area (Å²) in [5.74, 6) is -0.310. The molecule has 4 rings (SSSR count). The highest BCUT2D eigenvalue weighted by atomic mass is 16.5. The van der Waals surface area contributed by atoms with Crippen LogP contribution < -0.4 is 0 Å². The summed E-state index contributed by atoms with van der Waals surface area (Å²) in [5.41, 5.74) is 4.37. The van der Waals surface area contributed by atoms with Gasteiger partial charge in [0.05, 0.1) is 18.2 Å². The first kappa shape index (κ1) is 14.1. The molecule has 0 radical (unpaired) electrons. The highest BCUT2D eigenvalue weighted by Gasteiger charge is 2.31. The number of H-pyrrole nitrogens is 1. The van der Waals surface area contributed by atoms with Gasteiger partial charge in [-0.05, 0) is 41.5 Å². The maximum atomic E-state index is 12.2. The fourth-order valence-electron chi connectivity index (χ4n) is 3.86. The molecule has 2 aromatic carbocycles. The third-order valence-corrected chi connectivity index (χ3v) is 5.12. The number of hydrogen-bond acceptors (Lipinski definition) is 3. The Morgan fingerprint density at radius 3 is 2.83 bits per heavy atom. The van der Waals surface area contributed by atoms with E-state index in [9.17, 15) is 9.90 Å². The van der Waals surface area contributed by atoms with Crippen LogP contribution >= 0.6 is 0 Å². The summed E-state index contributed by atoms with van der Waals surface area (Å²) in [7, 11) is 1.37. The number of aromatic hydroxyl groups is 1. The molecule has 1 aliphatic rings. The van der Waals surface area contributed by atoms with E-state index in [1.165, 1.54) is 18.7 Å². The molecule has 0 aliphatic heterocycles. The van der Waals surface area contributed by atoms with Gasteiger partial charge in [-0.25, -0.2) is 4.79 Å². The predicted molar refractivity (Wildman–Crippen MR) is 90.2 cm³/mol. The number of aromatic amines is 1. The van der Waals surface area contributed by atoms with Crippen LogP contribution in [0.25, 0.3) is 21.8 Å². The lowest BCUT2D eigenvalue weighted by Gasteiger charge is -2.24. The van der Waals surface area contributed by atoms with Gasteiger partial charge >= 0.3 is 5.97 Å². The lowest BCUT2D eigenvalue weighted by molar-refractivity contribution is 0.0599. The van der Waals surface area contributed by atoms with E-state index in [-0.39, 0.29) is 11.2 Å². The SMILES string of the molecule is COC(=O)c1cc(O)c2[nH]c3cccc4c3c2c1CCC4(C)C. The van der Waals surface area contributed by atoms with Crippen LogP contribution in [-0.4, -0.2) is 23.2 Å². The van der Waals surface area contributed by atoms with Crippen molar-refractivity contribution in [2.45, 2.75) is 32.1 Å². The van der Waals surface area contributed by atoms with Crippen LogP contribution in [0.3, 0.4) is 0 Å². The van der Waals surface area contributed by atoms with Crippen molar-refractivity contribution in [3.05, 3.63) is 41.0 Å². The number of esters is 1. The Bertz CT molecular complexity index is 966. The number of benzene rings is 2. The molecule has 23 heavy (non-hydrogen) atoms. The Kier molecular flexibility index (Phi) is 2.77. The zero-order valence-corrected chi connectivity index (χ0v) is 13.5. The first-order chi connectivity index (χ1) is 10.9. The number of carbonyl (C=O) groups is 1. The van der Waals surface area contributed by atoms with E-state index in [0.717, 1.165) is 34.7 Å². The van der Waals surface area contributed by atoms with E-state index < -0.39 is 5.97 Å². The molecule has 0 saturated carbocycles. The summed E-state index contributed by atoms with van der Waals surface area (Å²) >= 11 is 0. The molecule has 3 aromatic rings. The van der Waals surface area contributed by atoms with E-state index in [1.807, 2.05) is 12.1 Å². The number of phenolic OH excluding ortho intramolecular Hbond substituents is 1. The molecule has 1 aromatic heterocycles. The second-order valence-corrected chi connectivity index (χ2v) is 6.90. The number of phenols is 1. The van der Waals surface area contributed by atoms with Gasteiger partial charge in [-0.1, -0.05) is 26.0 Å². The maximum absolute atomic E-state index is 12.2. The van der Waals surface area contributed by atoms with E-state index in [1.54, 1.807) is 0 Å². The quantitative estimate of drug-likeness (QED) is 0.667. The molecule has 118 valence electrons. The highest BCUT2D eigenvalue weighted by Crippen LogP contribution is 2.45. The van der Waals surface area contributed by atoms with E-state index in [4.69, 9.17) is 4.74 Å². The lowest BCUT2D eigenvalue weighted by Crippen LogP contribution is -2.17. The number of nitrogens with one attached hydrogen (secondary N) is 1. The van der Waals surface area contributed by atoms with Crippen molar-refractivity contribution in [1.82, 2.24) is 4.98 Å². The molecule has 1 heterocycles.